The molecule has 1 saturated carbocycles. The van der Waals surface area contributed by atoms with Gasteiger partial charge in [-0.15, -0.1) is 0 Å². The first kappa shape index (κ1) is 25.7. The number of nitrogens with one attached hydrogen (secondary N) is 1. The molecule has 0 spiro atoms. The summed E-state index contributed by atoms with van der Waals surface area (Å²) in [5.74, 6) is -1.38. The third-order valence-electron chi connectivity index (χ3n) is 7.08. The molecule has 1 amide bonds. The predicted molar refractivity (Wildman–Crippen MR) is 135 cm³/mol. The number of aromatic nitrogens is 1. The van der Waals surface area contributed by atoms with Crippen molar-refractivity contribution in [3.63, 3.8) is 0 Å². The first-order valence-electron chi connectivity index (χ1n) is 12.3. The summed E-state index contributed by atoms with van der Waals surface area (Å²) >= 11 is 6.60. The fraction of sp³-hybridized carbons (Fsp3) is 0.407. The summed E-state index contributed by atoms with van der Waals surface area (Å²) in [4.78, 5) is 22.6. The lowest BCUT2D eigenvalue weighted by Gasteiger charge is -2.41. The van der Waals surface area contributed by atoms with Crippen LogP contribution in [0.25, 0.3) is 10.9 Å². The molecule has 1 aliphatic carbocycles. The van der Waals surface area contributed by atoms with Crippen LogP contribution in [0.15, 0.2) is 48.7 Å². The second-order valence-corrected chi connectivity index (χ2v) is 10.2. The average molecular weight is 529 g/mol. The Bertz CT molecular complexity index is 1300. The van der Waals surface area contributed by atoms with Crippen LogP contribution in [0.4, 0.5) is 0 Å². The summed E-state index contributed by atoms with van der Waals surface area (Å²) < 4.78 is 7.66. The molecule has 1 aliphatic heterocycles. The Hall–Kier alpha value is -2.95. The Morgan fingerprint density at radius 3 is 2.43 bits per heavy atom. The number of hydrogen-bond donors (Lipinski definition) is 5. The number of nitrogens with zero attached hydrogens (tertiary/aromatic N) is 1. The van der Waals surface area contributed by atoms with Crippen molar-refractivity contribution >= 4 is 34.4 Å². The number of halogens is 1. The van der Waals surface area contributed by atoms with E-state index in [2.05, 4.69) is 29.6 Å². The van der Waals surface area contributed by atoms with Gasteiger partial charge in [0.2, 0.25) is 5.91 Å². The molecule has 5 atom stereocenters. The van der Waals surface area contributed by atoms with Gasteiger partial charge in [0.05, 0.1) is 10.5 Å². The predicted octanol–water partition coefficient (Wildman–Crippen LogP) is 2.33. The molecule has 9 nitrogen and oxygen atoms in total. The molecule has 196 valence electrons. The molecule has 0 radical (unpaired) electrons. The summed E-state index contributed by atoms with van der Waals surface area (Å²) in [5, 5.41) is 44.4. The van der Waals surface area contributed by atoms with Gasteiger partial charge in [-0.25, -0.2) is 0 Å². The zero-order chi connectivity index (χ0) is 26.3. The smallest absolute Gasteiger partial charge is 0.312 e. The van der Waals surface area contributed by atoms with Crippen LogP contribution < -0.4 is 5.32 Å². The van der Waals surface area contributed by atoms with Gasteiger partial charge < -0.3 is 35.0 Å². The largest absolute Gasteiger partial charge is 0.481 e. The highest BCUT2D eigenvalue weighted by Gasteiger charge is 2.45. The van der Waals surface area contributed by atoms with Gasteiger partial charge in [-0.2, -0.15) is 0 Å². The van der Waals surface area contributed by atoms with Crippen LogP contribution in [-0.2, 0) is 20.7 Å². The Labute approximate surface area is 218 Å². The molecular weight excluding hydrogens is 500 g/mol. The molecule has 5 N–H and O–H groups in total. The fourth-order valence-corrected chi connectivity index (χ4v) is 5.27. The molecule has 37 heavy (non-hydrogen) atoms. The van der Waals surface area contributed by atoms with Crippen LogP contribution in [0, 0.1) is 0 Å². The summed E-state index contributed by atoms with van der Waals surface area (Å²) in [6, 6.07) is 13.9. The third-order valence-corrected chi connectivity index (χ3v) is 7.40. The molecule has 2 heterocycles. The van der Waals surface area contributed by atoms with Gasteiger partial charge in [0.25, 0.3) is 0 Å². The Balaban J connectivity index is 1.43. The topological polar surface area (TPSA) is 141 Å². The maximum absolute atomic E-state index is 11.8. The van der Waals surface area contributed by atoms with Crippen LogP contribution in [0.3, 0.4) is 0 Å². The van der Waals surface area contributed by atoms with E-state index in [4.69, 9.17) is 21.4 Å². The molecule has 5 rings (SSSR count). The van der Waals surface area contributed by atoms with E-state index in [0.717, 1.165) is 16.5 Å². The molecule has 1 aromatic heterocycles. The van der Waals surface area contributed by atoms with E-state index in [0.29, 0.717) is 22.9 Å². The molecule has 2 aliphatic rings. The van der Waals surface area contributed by atoms with Crippen LogP contribution in [-0.4, -0.2) is 67.8 Å². The van der Waals surface area contributed by atoms with Crippen LogP contribution in [0.5, 0.6) is 0 Å². The van der Waals surface area contributed by atoms with Crippen LogP contribution >= 0.6 is 11.6 Å². The van der Waals surface area contributed by atoms with Crippen molar-refractivity contribution in [2.75, 3.05) is 6.54 Å². The lowest BCUT2D eigenvalue weighted by atomic mass is 9.97. The minimum atomic E-state index is -1.56. The van der Waals surface area contributed by atoms with Crippen molar-refractivity contribution in [1.29, 1.82) is 0 Å². The molecule has 5 unspecified atom stereocenters. The first-order valence-corrected chi connectivity index (χ1v) is 12.7. The number of carboxylic acid groups (broad SMARTS) is 1. The van der Waals surface area contributed by atoms with E-state index in [-0.39, 0.29) is 6.54 Å². The minimum absolute atomic E-state index is 0.242. The van der Waals surface area contributed by atoms with Gasteiger partial charge in [-0.05, 0) is 54.0 Å². The standard InChI is InChI=1S/C27H29ClN2O7/c28-18-2-1-3-19-23(18)17(10-14-4-6-15(7-5-14)16-8-9-16)13-30(19)27-26(36)25(35)24(34)20(37-27)12-29-21(31)11-22(32)33/h1-7,13,16,20,24-27,34-36H,8-12H2,(H,29,31)(H,32,33). The van der Waals surface area contributed by atoms with E-state index < -0.39 is 48.9 Å². The molecule has 3 aromatic rings. The number of aliphatic hydroxyl groups excluding tert-OH is 3. The fourth-order valence-electron chi connectivity index (χ4n) is 4.98. The van der Waals surface area contributed by atoms with Gasteiger partial charge in [0.1, 0.15) is 30.8 Å². The van der Waals surface area contributed by atoms with E-state index >= 15 is 0 Å². The molecule has 2 aromatic carbocycles. The monoisotopic (exact) mass is 528 g/mol. The third kappa shape index (κ3) is 5.37. The van der Waals surface area contributed by atoms with Crippen molar-refractivity contribution in [2.45, 2.75) is 62.2 Å². The first-order chi connectivity index (χ1) is 17.7. The van der Waals surface area contributed by atoms with Gasteiger partial charge in [0.15, 0.2) is 6.23 Å². The zero-order valence-electron chi connectivity index (χ0n) is 20.0. The number of aliphatic carboxylic acids is 1. The molecule has 10 heteroatoms. The van der Waals surface area contributed by atoms with Gasteiger partial charge in [-0.1, -0.05) is 41.9 Å². The van der Waals surface area contributed by atoms with Gasteiger partial charge in [-0.3, -0.25) is 9.59 Å². The lowest BCUT2D eigenvalue weighted by molar-refractivity contribution is -0.242. The van der Waals surface area contributed by atoms with Crippen LogP contribution in [0.1, 0.15) is 48.1 Å². The number of benzene rings is 2. The number of carboxylic acids is 1. The number of carbonyl (C=O) groups is 2. The quantitative estimate of drug-likeness (QED) is 0.282. The Morgan fingerprint density at radius 2 is 1.76 bits per heavy atom. The number of carbonyl (C=O) groups excluding carboxylic acids is 1. The maximum Gasteiger partial charge on any atom is 0.312 e. The number of amides is 1. The highest BCUT2D eigenvalue weighted by molar-refractivity contribution is 6.35. The number of fused-ring (bicyclic) bond motifs is 1. The highest BCUT2D eigenvalue weighted by Crippen LogP contribution is 2.40. The Kier molecular flexibility index (Phi) is 7.24. The van der Waals surface area contributed by atoms with Crippen molar-refractivity contribution in [3.05, 3.63) is 70.4 Å². The number of rotatable bonds is 8. The lowest BCUT2D eigenvalue weighted by Crippen LogP contribution is -2.58. The van der Waals surface area contributed by atoms with Crippen LogP contribution in [0.2, 0.25) is 5.02 Å². The van der Waals surface area contributed by atoms with E-state index in [1.54, 1.807) is 16.7 Å². The molecule has 0 bridgehead atoms. The van der Waals surface area contributed by atoms with Crippen molar-refractivity contribution in [3.8, 4) is 0 Å². The zero-order valence-corrected chi connectivity index (χ0v) is 20.7. The second-order valence-electron chi connectivity index (χ2n) is 9.80. The summed E-state index contributed by atoms with van der Waals surface area (Å²) in [7, 11) is 0. The maximum atomic E-state index is 11.8. The van der Waals surface area contributed by atoms with E-state index in [9.17, 15) is 24.9 Å². The Morgan fingerprint density at radius 1 is 1.03 bits per heavy atom. The van der Waals surface area contributed by atoms with E-state index in [1.165, 1.54) is 18.4 Å². The average Bonchev–Trinajstić information content (AvgIpc) is 3.65. The summed E-state index contributed by atoms with van der Waals surface area (Å²) in [6.45, 7) is -0.242. The van der Waals surface area contributed by atoms with Gasteiger partial charge in [0, 0.05) is 18.1 Å². The summed E-state index contributed by atoms with van der Waals surface area (Å²) in [5.41, 5.74) is 4.03. The van der Waals surface area contributed by atoms with Crippen molar-refractivity contribution in [2.24, 2.45) is 0 Å². The highest BCUT2D eigenvalue weighted by atomic mass is 35.5. The molecule has 2 fully saturated rings. The number of hydrogen-bond acceptors (Lipinski definition) is 6. The van der Waals surface area contributed by atoms with Crippen molar-refractivity contribution in [1.82, 2.24) is 9.88 Å². The minimum Gasteiger partial charge on any atom is -0.481 e. The number of ether oxygens (including phenoxy) is 1. The summed E-state index contributed by atoms with van der Waals surface area (Å²) in [6.07, 6.45) is -2.56. The van der Waals surface area contributed by atoms with Gasteiger partial charge >= 0.3 is 5.97 Å². The molecular formula is C27H29ClN2O7. The second kappa shape index (κ2) is 10.4. The van der Waals surface area contributed by atoms with Crippen molar-refractivity contribution < 1.29 is 34.8 Å². The van der Waals surface area contributed by atoms with E-state index in [1.807, 2.05) is 12.3 Å². The normalized spacial score (nSPS) is 25.8. The SMILES string of the molecule is O=C(O)CC(=O)NCC1OC(n2cc(Cc3ccc(C4CC4)cc3)c3c(Cl)cccc32)C(O)C(O)C1O. The molecule has 1 saturated heterocycles. The number of aliphatic hydroxyl groups is 3.